The maximum Gasteiger partial charge on any atom is 0.393 e. The van der Waals surface area contributed by atoms with Crippen molar-refractivity contribution in [2.75, 3.05) is 24.5 Å². The van der Waals surface area contributed by atoms with E-state index in [1.807, 2.05) is 4.98 Å². The molecule has 1 saturated heterocycles. The number of ether oxygens (including phenoxy) is 1. The first kappa shape index (κ1) is 24.2. The van der Waals surface area contributed by atoms with E-state index < -0.39 is 71.1 Å². The van der Waals surface area contributed by atoms with Crippen molar-refractivity contribution < 1.29 is 31.1 Å². The van der Waals surface area contributed by atoms with Gasteiger partial charge in [0.1, 0.15) is 11.2 Å². The zero-order valence-corrected chi connectivity index (χ0v) is 17.1. The summed E-state index contributed by atoms with van der Waals surface area (Å²) in [6.45, 7) is -4.92. The summed E-state index contributed by atoms with van der Waals surface area (Å²) >= 11 is 0. The van der Waals surface area contributed by atoms with Gasteiger partial charge in [-0.25, -0.2) is 9.18 Å². The van der Waals surface area contributed by atoms with Gasteiger partial charge in [0.05, 0.1) is 11.3 Å². The van der Waals surface area contributed by atoms with E-state index in [1.165, 1.54) is 0 Å². The van der Waals surface area contributed by atoms with Crippen molar-refractivity contribution in [2.24, 2.45) is 17.6 Å². The van der Waals surface area contributed by atoms with Crippen LogP contribution in [0.3, 0.4) is 0 Å². The first-order valence-electron chi connectivity index (χ1n) is 9.50. The number of rotatable bonds is 5. The Labute approximate surface area is 182 Å². The average Bonchev–Trinajstić information content (AvgIpc) is 3.39. The van der Waals surface area contributed by atoms with Crippen LogP contribution in [-0.2, 0) is 0 Å². The van der Waals surface area contributed by atoms with Crippen LogP contribution in [-0.4, -0.2) is 42.0 Å². The normalized spacial score (nSPS) is 21.3. The van der Waals surface area contributed by atoms with Crippen molar-refractivity contribution in [3.63, 3.8) is 0 Å². The number of alkyl halides is 5. The summed E-state index contributed by atoms with van der Waals surface area (Å²) in [5.41, 5.74) is 2.52. The number of nitrogens with one attached hydrogen (secondary N) is 1. The van der Waals surface area contributed by atoms with Crippen molar-refractivity contribution in [1.29, 1.82) is 0 Å². The zero-order valence-electron chi connectivity index (χ0n) is 16.3. The van der Waals surface area contributed by atoms with Crippen LogP contribution in [0, 0.1) is 17.7 Å². The second-order valence-electron chi connectivity index (χ2n) is 7.72. The lowest BCUT2D eigenvalue weighted by Crippen LogP contribution is -2.33. The van der Waals surface area contributed by atoms with Gasteiger partial charge in [-0.15, -0.1) is 12.4 Å². The molecule has 0 spiro atoms. The summed E-state index contributed by atoms with van der Waals surface area (Å²) in [7, 11) is 0. The molecule has 3 N–H and O–H groups in total. The molecule has 1 saturated carbocycles. The van der Waals surface area contributed by atoms with Gasteiger partial charge in [0.2, 0.25) is 0 Å². The van der Waals surface area contributed by atoms with E-state index in [2.05, 4.69) is 4.74 Å². The molecule has 0 bridgehead atoms. The highest BCUT2D eigenvalue weighted by Crippen LogP contribution is 2.46. The molecule has 2 aromatic rings. The molecule has 2 unspecified atom stereocenters. The summed E-state index contributed by atoms with van der Waals surface area (Å²) in [5.74, 6) is -5.05. The number of halogens is 7. The molecule has 1 aromatic carbocycles. The first-order valence-corrected chi connectivity index (χ1v) is 9.50. The van der Waals surface area contributed by atoms with E-state index in [0.717, 1.165) is 15.5 Å². The van der Waals surface area contributed by atoms with Crippen LogP contribution in [0.25, 0.3) is 10.9 Å². The maximum absolute atomic E-state index is 15.0. The van der Waals surface area contributed by atoms with E-state index >= 15 is 4.39 Å². The summed E-state index contributed by atoms with van der Waals surface area (Å²) in [6.07, 6.45) is -3.61. The van der Waals surface area contributed by atoms with E-state index in [1.54, 1.807) is 0 Å². The second-order valence-corrected chi connectivity index (χ2v) is 7.72. The molecule has 0 radical (unpaired) electrons. The highest BCUT2D eigenvalue weighted by atomic mass is 35.5. The maximum atomic E-state index is 15.0. The van der Waals surface area contributed by atoms with Crippen LogP contribution in [0.1, 0.15) is 18.9 Å². The third-order valence-electron chi connectivity index (χ3n) is 5.71. The molecule has 2 atom stereocenters. The first-order chi connectivity index (χ1) is 14.5. The Morgan fingerprint density at radius 3 is 2.38 bits per heavy atom. The van der Waals surface area contributed by atoms with Gasteiger partial charge in [-0.1, -0.05) is 0 Å². The van der Waals surface area contributed by atoms with Gasteiger partial charge in [-0.05, 0) is 25.5 Å². The number of aromatic amines is 1. The molecule has 2 fully saturated rings. The minimum absolute atomic E-state index is 0. The number of nitrogens with zero attached hydrogens (tertiary/aromatic N) is 2. The predicted octanol–water partition coefficient (Wildman–Crippen LogP) is 2.76. The Hall–Kier alpha value is -2.41. The third kappa shape index (κ3) is 4.15. The summed E-state index contributed by atoms with van der Waals surface area (Å²) in [6, 6.07) is 0.293. The van der Waals surface area contributed by atoms with Crippen LogP contribution in [0.2, 0.25) is 0 Å². The second kappa shape index (κ2) is 8.50. The fourth-order valence-electron chi connectivity index (χ4n) is 4.18. The van der Waals surface area contributed by atoms with Gasteiger partial charge in [-0.3, -0.25) is 14.3 Å². The molecule has 1 aliphatic carbocycles. The fraction of sp³-hybridized carbons (Fsp3) is 0.556. The Morgan fingerprint density at radius 1 is 1.22 bits per heavy atom. The fourth-order valence-corrected chi connectivity index (χ4v) is 4.18. The molecular weight excluding hydrogens is 470 g/mol. The lowest BCUT2D eigenvalue weighted by molar-refractivity contribution is -0.178. The highest BCUT2D eigenvalue weighted by Gasteiger charge is 2.50. The van der Waals surface area contributed by atoms with E-state index in [0.29, 0.717) is 12.8 Å². The number of anilines is 1. The monoisotopic (exact) mass is 488 g/mol. The Balaban J connectivity index is 0.00000289. The molecule has 2 aliphatic rings. The highest BCUT2D eigenvalue weighted by molar-refractivity contribution is 5.91. The van der Waals surface area contributed by atoms with Gasteiger partial charge >= 0.3 is 18.5 Å². The average molecular weight is 489 g/mol. The van der Waals surface area contributed by atoms with Crippen LogP contribution < -0.4 is 26.6 Å². The van der Waals surface area contributed by atoms with Crippen molar-refractivity contribution in [1.82, 2.24) is 9.55 Å². The van der Waals surface area contributed by atoms with Crippen molar-refractivity contribution >= 4 is 29.0 Å². The summed E-state index contributed by atoms with van der Waals surface area (Å²) in [4.78, 5) is 27.5. The van der Waals surface area contributed by atoms with Crippen LogP contribution in [0.4, 0.5) is 32.0 Å². The van der Waals surface area contributed by atoms with Crippen molar-refractivity contribution in [2.45, 2.75) is 31.7 Å². The van der Waals surface area contributed by atoms with Gasteiger partial charge < -0.3 is 15.4 Å². The Bertz CT molecular complexity index is 1130. The lowest BCUT2D eigenvalue weighted by Gasteiger charge is -2.25. The van der Waals surface area contributed by atoms with E-state index in [-0.39, 0.29) is 31.0 Å². The van der Waals surface area contributed by atoms with Crippen LogP contribution in [0.5, 0.6) is 5.75 Å². The number of nitrogens with two attached hydrogens (primary N) is 1. The third-order valence-corrected chi connectivity index (χ3v) is 5.71. The largest absolute Gasteiger partial charge is 0.430 e. The predicted molar refractivity (Wildman–Crippen MR) is 105 cm³/mol. The van der Waals surface area contributed by atoms with Crippen LogP contribution in [0.15, 0.2) is 15.7 Å². The molecule has 0 amide bonds. The van der Waals surface area contributed by atoms with E-state index in [9.17, 15) is 31.5 Å². The van der Waals surface area contributed by atoms with Gasteiger partial charge in [-0.2, -0.15) is 22.0 Å². The number of hydrogen-bond acceptors (Lipinski definition) is 5. The number of H-pyrrole nitrogens is 1. The van der Waals surface area contributed by atoms with Crippen molar-refractivity contribution in [3.8, 4) is 5.75 Å². The molecule has 7 nitrogen and oxygen atoms in total. The summed E-state index contributed by atoms with van der Waals surface area (Å²) < 4.78 is 87.4. The van der Waals surface area contributed by atoms with Gasteiger partial charge in [0.25, 0.3) is 5.56 Å². The van der Waals surface area contributed by atoms with E-state index in [4.69, 9.17) is 5.73 Å². The molecule has 1 aromatic heterocycles. The van der Waals surface area contributed by atoms with Gasteiger partial charge in [0, 0.05) is 25.0 Å². The molecule has 32 heavy (non-hydrogen) atoms. The van der Waals surface area contributed by atoms with Gasteiger partial charge in [0.15, 0.2) is 11.6 Å². The Morgan fingerprint density at radius 2 is 1.88 bits per heavy atom. The number of fused-ring (bicyclic) bond motifs is 1. The standard InChI is InChI=1S/C18H18F6N4O3.ClH/c19-11-3-9-12(28(8-1-2-8)17(30)26-15(9)29)14(31-16(20)21)13(11)27-5-7(4-25)10(6-27)18(22,23)24;/h3,7-8,10,16H,1-2,4-6,25H2,(H,26,29,30);1H. The summed E-state index contributed by atoms with van der Waals surface area (Å²) in [5, 5.41) is -0.412. The molecular formula is C18H19ClF6N4O3. The SMILES string of the molecule is Cl.NCC1CN(c2c(F)cc3c(=O)[nH]c(=O)n(C4CC4)c3c2OC(F)F)CC1C(F)(F)F. The van der Waals surface area contributed by atoms with Crippen molar-refractivity contribution in [3.05, 3.63) is 32.7 Å². The quantitative estimate of drug-likeness (QED) is 0.631. The minimum atomic E-state index is -4.64. The zero-order chi connectivity index (χ0) is 22.7. The smallest absolute Gasteiger partial charge is 0.393 e. The van der Waals surface area contributed by atoms with Crippen LogP contribution >= 0.6 is 12.4 Å². The minimum Gasteiger partial charge on any atom is -0.430 e. The molecule has 14 heteroatoms. The molecule has 1 aliphatic heterocycles. The Kier molecular flexibility index (Phi) is 6.44. The number of hydrogen-bond donors (Lipinski definition) is 2. The molecule has 178 valence electrons. The number of aromatic nitrogens is 2. The topological polar surface area (TPSA) is 93.4 Å². The molecule has 4 rings (SSSR count). The number of benzene rings is 1. The lowest BCUT2D eigenvalue weighted by atomic mass is 9.96. The molecule has 2 heterocycles.